The molecule has 0 bridgehead atoms. The molecule has 16 heavy (non-hydrogen) atoms. The average molecular weight is 230 g/mol. The second kappa shape index (κ2) is 3.49. The van der Waals surface area contributed by atoms with Gasteiger partial charge in [-0.3, -0.25) is 9.20 Å². The van der Waals surface area contributed by atoms with E-state index in [0.29, 0.717) is 4.96 Å². The third kappa shape index (κ3) is 1.40. The summed E-state index contributed by atoms with van der Waals surface area (Å²) in [7, 11) is 0. The molecule has 3 heterocycles. The molecule has 0 saturated carbocycles. The fourth-order valence-corrected chi connectivity index (χ4v) is 2.33. The van der Waals surface area contributed by atoms with Gasteiger partial charge in [0.1, 0.15) is 6.33 Å². The molecule has 0 N–H and O–H groups in total. The molecule has 0 spiro atoms. The zero-order valence-corrected chi connectivity index (χ0v) is 8.89. The second-order valence-corrected chi connectivity index (χ2v) is 4.17. The Kier molecular flexibility index (Phi) is 2.00. The van der Waals surface area contributed by atoms with Gasteiger partial charge in [0.25, 0.3) is 5.56 Å². The molecule has 0 atom stereocenters. The Morgan fingerprint density at radius 1 is 1.25 bits per heavy atom. The number of nitrogens with zero attached hydrogens (tertiary/aromatic N) is 4. The van der Waals surface area contributed by atoms with Crippen LogP contribution in [0.2, 0.25) is 0 Å². The van der Waals surface area contributed by atoms with Crippen LogP contribution in [0.4, 0.5) is 0 Å². The van der Waals surface area contributed by atoms with Crippen molar-refractivity contribution >= 4 is 16.3 Å². The highest BCUT2D eigenvalue weighted by atomic mass is 32.1. The van der Waals surface area contributed by atoms with Crippen LogP contribution >= 0.6 is 11.3 Å². The fraction of sp³-hybridized carbons (Fsp3) is 0. The van der Waals surface area contributed by atoms with Crippen LogP contribution in [0.25, 0.3) is 15.4 Å². The van der Waals surface area contributed by atoms with Gasteiger partial charge in [-0.05, 0) is 0 Å². The molecule has 78 valence electrons. The van der Waals surface area contributed by atoms with Crippen LogP contribution in [0.1, 0.15) is 0 Å². The highest BCUT2D eigenvalue weighted by molar-refractivity contribution is 7.20. The summed E-state index contributed by atoms with van der Waals surface area (Å²) in [5, 5.41) is 0. The molecule has 0 aromatic carbocycles. The Hall–Kier alpha value is -2.08. The summed E-state index contributed by atoms with van der Waals surface area (Å²) in [5.74, 6) is 0. The summed E-state index contributed by atoms with van der Waals surface area (Å²) in [6, 6.07) is 1.44. The van der Waals surface area contributed by atoms with Gasteiger partial charge in [0.05, 0.1) is 4.88 Å². The maximum Gasteiger partial charge on any atom is 0.258 e. The van der Waals surface area contributed by atoms with Crippen molar-refractivity contribution < 1.29 is 0 Å². The maximum absolute atomic E-state index is 11.5. The molecule has 0 fully saturated rings. The van der Waals surface area contributed by atoms with Crippen LogP contribution < -0.4 is 5.56 Å². The van der Waals surface area contributed by atoms with Gasteiger partial charge in [-0.15, -0.1) is 0 Å². The van der Waals surface area contributed by atoms with E-state index < -0.39 is 0 Å². The molecule has 6 heteroatoms. The first-order chi connectivity index (χ1) is 7.84. The molecule has 3 rings (SSSR count). The lowest BCUT2D eigenvalue weighted by Gasteiger charge is -1.91. The Balaban J connectivity index is 2.28. The first-order valence-electron chi connectivity index (χ1n) is 4.57. The molecule has 0 aliphatic heterocycles. The topological polar surface area (TPSA) is 60.2 Å². The summed E-state index contributed by atoms with van der Waals surface area (Å²) >= 11 is 1.44. The monoisotopic (exact) mass is 230 g/mol. The molecule has 0 aliphatic carbocycles. The van der Waals surface area contributed by atoms with Gasteiger partial charge in [-0.1, -0.05) is 11.3 Å². The lowest BCUT2D eigenvalue weighted by Crippen LogP contribution is -2.09. The van der Waals surface area contributed by atoms with Gasteiger partial charge < -0.3 is 0 Å². The van der Waals surface area contributed by atoms with Crippen molar-refractivity contribution in [2.75, 3.05) is 0 Å². The standard InChI is InChI=1S/C10H6N4OS/c15-9-1-2-13-10-14(9)5-8(16-10)7-3-11-6-12-4-7/h1-6H. The maximum atomic E-state index is 11.5. The van der Waals surface area contributed by atoms with Crippen LogP contribution in [0.5, 0.6) is 0 Å². The van der Waals surface area contributed by atoms with E-state index in [2.05, 4.69) is 15.0 Å². The van der Waals surface area contributed by atoms with Crippen LogP contribution in [0.3, 0.4) is 0 Å². The fourth-order valence-electron chi connectivity index (χ4n) is 1.40. The minimum absolute atomic E-state index is 0.0793. The lowest BCUT2D eigenvalue weighted by molar-refractivity contribution is 1.08. The van der Waals surface area contributed by atoms with Crippen molar-refractivity contribution in [1.82, 2.24) is 19.4 Å². The number of aromatic nitrogens is 4. The molecule has 5 nitrogen and oxygen atoms in total. The van der Waals surface area contributed by atoms with Crippen molar-refractivity contribution in [1.29, 1.82) is 0 Å². The molecule has 3 aromatic heterocycles. The van der Waals surface area contributed by atoms with Crippen molar-refractivity contribution in [2.45, 2.75) is 0 Å². The number of hydrogen-bond acceptors (Lipinski definition) is 5. The van der Waals surface area contributed by atoms with Gasteiger partial charge >= 0.3 is 0 Å². The third-order valence-electron chi connectivity index (χ3n) is 2.14. The van der Waals surface area contributed by atoms with Gasteiger partial charge in [-0.25, -0.2) is 15.0 Å². The largest absolute Gasteiger partial charge is 0.269 e. The van der Waals surface area contributed by atoms with E-state index in [1.165, 1.54) is 34.3 Å². The van der Waals surface area contributed by atoms with E-state index in [4.69, 9.17) is 0 Å². The number of hydrogen-bond donors (Lipinski definition) is 0. The van der Waals surface area contributed by atoms with E-state index in [1.807, 2.05) is 0 Å². The Bertz CT molecular complexity index is 689. The molecule has 0 radical (unpaired) electrons. The summed E-state index contributed by atoms with van der Waals surface area (Å²) in [5.41, 5.74) is 0.807. The SMILES string of the molecule is O=c1ccnc2sc(-c3cncnc3)cn12. The highest BCUT2D eigenvalue weighted by Gasteiger charge is 2.05. The Morgan fingerprint density at radius 2 is 2.06 bits per heavy atom. The Labute approximate surface area is 94.1 Å². The van der Waals surface area contributed by atoms with E-state index >= 15 is 0 Å². The summed E-state index contributed by atoms with van der Waals surface area (Å²) in [4.78, 5) is 25.1. The van der Waals surface area contributed by atoms with Gasteiger partial charge in [0.2, 0.25) is 0 Å². The van der Waals surface area contributed by atoms with Crippen molar-refractivity contribution in [3.8, 4) is 10.4 Å². The van der Waals surface area contributed by atoms with Gasteiger partial charge in [0, 0.05) is 36.4 Å². The molecular weight excluding hydrogens is 224 g/mol. The van der Waals surface area contributed by atoms with E-state index in [0.717, 1.165) is 10.4 Å². The highest BCUT2D eigenvalue weighted by Crippen LogP contribution is 2.25. The first kappa shape index (κ1) is 9.17. The van der Waals surface area contributed by atoms with Crippen molar-refractivity contribution in [3.05, 3.63) is 47.5 Å². The van der Waals surface area contributed by atoms with Crippen molar-refractivity contribution in [2.24, 2.45) is 0 Å². The Morgan fingerprint density at radius 3 is 2.81 bits per heavy atom. The zero-order valence-electron chi connectivity index (χ0n) is 8.07. The molecular formula is C10H6N4OS. The summed E-state index contributed by atoms with van der Waals surface area (Å²) in [6.07, 6.45) is 8.17. The summed E-state index contributed by atoms with van der Waals surface area (Å²) < 4.78 is 1.52. The van der Waals surface area contributed by atoms with E-state index in [9.17, 15) is 4.79 Å². The van der Waals surface area contributed by atoms with Crippen LogP contribution in [0.15, 0.2) is 42.0 Å². The smallest absolute Gasteiger partial charge is 0.258 e. The number of fused-ring (bicyclic) bond motifs is 1. The summed E-state index contributed by atoms with van der Waals surface area (Å²) in [6.45, 7) is 0. The first-order valence-corrected chi connectivity index (χ1v) is 5.39. The van der Waals surface area contributed by atoms with Gasteiger partial charge in [-0.2, -0.15) is 0 Å². The lowest BCUT2D eigenvalue weighted by atomic mass is 10.3. The predicted molar refractivity (Wildman–Crippen MR) is 60.4 cm³/mol. The van der Waals surface area contributed by atoms with Crippen LogP contribution in [0, 0.1) is 0 Å². The van der Waals surface area contributed by atoms with Crippen molar-refractivity contribution in [3.63, 3.8) is 0 Å². The molecule has 0 saturated heterocycles. The average Bonchev–Trinajstić information content (AvgIpc) is 2.76. The predicted octanol–water partition coefficient (Wildman–Crippen LogP) is 1.21. The minimum atomic E-state index is -0.0793. The van der Waals surface area contributed by atoms with Crippen LogP contribution in [-0.4, -0.2) is 19.4 Å². The van der Waals surface area contributed by atoms with E-state index in [1.54, 1.807) is 18.6 Å². The molecule has 0 amide bonds. The molecule has 3 aromatic rings. The molecule has 0 aliphatic rings. The zero-order chi connectivity index (χ0) is 11.0. The van der Waals surface area contributed by atoms with Crippen LogP contribution in [-0.2, 0) is 0 Å². The normalized spacial score (nSPS) is 10.8. The number of thiazole rings is 1. The molecule has 0 unspecified atom stereocenters. The second-order valence-electron chi connectivity index (χ2n) is 3.16. The quantitative estimate of drug-likeness (QED) is 0.630. The minimum Gasteiger partial charge on any atom is -0.269 e. The van der Waals surface area contributed by atoms with Gasteiger partial charge in [0.15, 0.2) is 4.96 Å². The van der Waals surface area contributed by atoms with E-state index in [-0.39, 0.29) is 5.56 Å². The third-order valence-corrected chi connectivity index (χ3v) is 3.18. The number of rotatable bonds is 1.